The van der Waals surface area contributed by atoms with Gasteiger partial charge in [-0.3, -0.25) is 9.10 Å². The molecule has 7 heteroatoms. The first-order chi connectivity index (χ1) is 15.7. The number of hydrogen-bond donors (Lipinski definition) is 1. The Morgan fingerprint density at radius 1 is 0.970 bits per heavy atom. The van der Waals surface area contributed by atoms with Crippen LogP contribution < -0.4 is 9.62 Å². The van der Waals surface area contributed by atoms with E-state index in [0.29, 0.717) is 22.2 Å². The van der Waals surface area contributed by atoms with E-state index in [0.717, 1.165) is 16.3 Å². The summed E-state index contributed by atoms with van der Waals surface area (Å²) in [6.07, 6.45) is 0.737. The van der Waals surface area contributed by atoms with Crippen LogP contribution in [0.25, 0.3) is 0 Å². The minimum absolute atomic E-state index is 0.119. The van der Waals surface area contributed by atoms with Crippen molar-refractivity contribution >= 4 is 33.2 Å². The summed E-state index contributed by atoms with van der Waals surface area (Å²) < 4.78 is 28.3. The van der Waals surface area contributed by atoms with Gasteiger partial charge in [-0.2, -0.15) is 0 Å². The molecule has 0 aliphatic carbocycles. The summed E-state index contributed by atoms with van der Waals surface area (Å²) in [5, 5.41) is 3.55. The summed E-state index contributed by atoms with van der Waals surface area (Å²) in [4.78, 5) is 13.3. The van der Waals surface area contributed by atoms with Gasteiger partial charge in [0.2, 0.25) is 5.91 Å². The predicted molar refractivity (Wildman–Crippen MR) is 134 cm³/mol. The van der Waals surface area contributed by atoms with Crippen molar-refractivity contribution in [3.05, 3.63) is 95.0 Å². The molecular weight excluding hydrogens is 456 g/mol. The molecule has 0 spiro atoms. The number of nitrogens with one attached hydrogen (secondary N) is 1. The molecule has 3 aromatic carbocycles. The number of carbonyl (C=O) groups is 1. The average molecular weight is 485 g/mol. The second-order valence-corrected chi connectivity index (χ2v) is 10.7. The lowest BCUT2D eigenvalue weighted by atomic mass is 9.97. The normalized spacial score (nSPS) is 12.4. The zero-order valence-corrected chi connectivity index (χ0v) is 20.6. The highest BCUT2D eigenvalue weighted by atomic mass is 35.5. The smallest absolute Gasteiger partial charge is 0.264 e. The summed E-state index contributed by atoms with van der Waals surface area (Å²) in [7, 11) is -3.98. The first-order valence-electron chi connectivity index (χ1n) is 10.9. The van der Waals surface area contributed by atoms with Gasteiger partial charge >= 0.3 is 0 Å². The van der Waals surface area contributed by atoms with Crippen LogP contribution in [0.5, 0.6) is 0 Å². The van der Waals surface area contributed by atoms with Gasteiger partial charge in [0.05, 0.1) is 16.6 Å². The molecule has 33 heavy (non-hydrogen) atoms. The van der Waals surface area contributed by atoms with E-state index in [9.17, 15) is 13.2 Å². The molecule has 0 radical (unpaired) electrons. The topological polar surface area (TPSA) is 66.5 Å². The van der Waals surface area contributed by atoms with Crippen LogP contribution in [0.3, 0.4) is 0 Å². The first-order valence-corrected chi connectivity index (χ1v) is 12.7. The molecule has 0 aromatic heterocycles. The van der Waals surface area contributed by atoms with Crippen LogP contribution in [-0.4, -0.2) is 20.9 Å². The van der Waals surface area contributed by atoms with Crippen LogP contribution in [0, 0.1) is 12.8 Å². The number of halogens is 1. The largest absolute Gasteiger partial charge is 0.348 e. The van der Waals surface area contributed by atoms with Crippen molar-refractivity contribution in [2.45, 2.75) is 38.1 Å². The number of sulfonamides is 1. The zero-order chi connectivity index (χ0) is 24.0. The van der Waals surface area contributed by atoms with Gasteiger partial charge in [0.1, 0.15) is 6.54 Å². The maximum atomic E-state index is 13.6. The molecule has 0 aliphatic heterocycles. The maximum Gasteiger partial charge on any atom is 0.264 e. The Morgan fingerprint density at radius 3 is 2.15 bits per heavy atom. The fraction of sp³-hybridized carbons (Fsp3) is 0.269. The molecule has 0 aliphatic rings. The first kappa shape index (κ1) is 24.8. The molecule has 1 amide bonds. The van der Waals surface area contributed by atoms with Crippen LogP contribution in [0.4, 0.5) is 5.69 Å². The molecule has 5 nitrogen and oxygen atoms in total. The van der Waals surface area contributed by atoms with Crippen molar-refractivity contribution in [2.24, 2.45) is 5.92 Å². The van der Waals surface area contributed by atoms with Crippen LogP contribution >= 0.6 is 11.6 Å². The van der Waals surface area contributed by atoms with Gasteiger partial charge in [-0.05, 0) is 60.7 Å². The number of anilines is 1. The second kappa shape index (κ2) is 10.9. The molecule has 0 bridgehead atoms. The number of hydrogen-bond acceptors (Lipinski definition) is 3. The summed E-state index contributed by atoms with van der Waals surface area (Å²) >= 11 is 6.10. The van der Waals surface area contributed by atoms with Gasteiger partial charge in [0, 0.05) is 5.02 Å². The van der Waals surface area contributed by atoms with E-state index in [1.165, 1.54) is 12.1 Å². The Bertz CT molecular complexity index is 1180. The number of carbonyl (C=O) groups excluding carboxylic acids is 1. The van der Waals surface area contributed by atoms with Gasteiger partial charge in [0.15, 0.2) is 0 Å². The molecule has 0 heterocycles. The van der Waals surface area contributed by atoms with Crippen molar-refractivity contribution in [1.29, 1.82) is 0 Å². The number of amides is 1. The van der Waals surface area contributed by atoms with E-state index < -0.39 is 10.0 Å². The van der Waals surface area contributed by atoms with Crippen LogP contribution in [0.1, 0.15) is 37.4 Å². The van der Waals surface area contributed by atoms with Crippen molar-refractivity contribution < 1.29 is 13.2 Å². The highest BCUT2D eigenvalue weighted by molar-refractivity contribution is 7.92. The molecule has 0 fully saturated rings. The Hall–Kier alpha value is -2.83. The third kappa shape index (κ3) is 6.36. The minimum Gasteiger partial charge on any atom is -0.348 e. The van der Waals surface area contributed by atoms with E-state index in [1.54, 1.807) is 43.3 Å². The lowest BCUT2D eigenvalue weighted by Gasteiger charge is -2.27. The molecule has 1 N–H and O–H groups in total. The van der Waals surface area contributed by atoms with Crippen LogP contribution in [0.2, 0.25) is 5.02 Å². The van der Waals surface area contributed by atoms with Gasteiger partial charge in [0.25, 0.3) is 10.0 Å². The molecule has 174 valence electrons. The number of nitrogens with zero attached hydrogens (tertiary/aromatic N) is 1. The highest BCUT2D eigenvalue weighted by Crippen LogP contribution is 2.29. The van der Waals surface area contributed by atoms with Crippen molar-refractivity contribution in [3.63, 3.8) is 0 Å². The lowest BCUT2D eigenvalue weighted by molar-refractivity contribution is -0.120. The van der Waals surface area contributed by atoms with Gasteiger partial charge in [-0.15, -0.1) is 0 Å². The zero-order valence-electron chi connectivity index (χ0n) is 19.0. The van der Waals surface area contributed by atoms with Crippen molar-refractivity contribution in [2.75, 3.05) is 10.8 Å². The summed E-state index contributed by atoms with van der Waals surface area (Å²) in [5.41, 5.74) is 2.06. The molecule has 3 aromatic rings. The van der Waals surface area contributed by atoms with E-state index in [-0.39, 0.29) is 23.4 Å². The monoisotopic (exact) mass is 484 g/mol. The van der Waals surface area contributed by atoms with Crippen LogP contribution in [-0.2, 0) is 14.8 Å². The number of rotatable bonds is 9. The van der Waals surface area contributed by atoms with Crippen molar-refractivity contribution in [3.8, 4) is 0 Å². The second-order valence-electron chi connectivity index (χ2n) is 8.42. The summed E-state index contributed by atoms with van der Waals surface area (Å²) in [5.74, 6) is -0.0310. The number of benzene rings is 3. The molecule has 0 saturated heterocycles. The Labute approximate surface area is 201 Å². The SMILES string of the molecule is Cc1cc(Cl)ccc1N(CC(=O)N[C@@H](CC(C)C)c1ccccc1)S(=O)(=O)c1ccccc1. The van der Waals surface area contributed by atoms with Crippen LogP contribution in [0.15, 0.2) is 83.8 Å². The Morgan fingerprint density at radius 2 is 1.58 bits per heavy atom. The third-order valence-electron chi connectivity index (χ3n) is 5.29. The van der Waals surface area contributed by atoms with Gasteiger partial charge in [-0.1, -0.05) is 74.0 Å². The van der Waals surface area contributed by atoms with E-state index in [2.05, 4.69) is 19.2 Å². The van der Waals surface area contributed by atoms with Gasteiger partial charge < -0.3 is 5.32 Å². The standard InChI is InChI=1S/C26H29ClN2O3S/c1-19(2)16-24(21-10-6-4-7-11-21)28-26(30)18-29(25-15-14-22(27)17-20(25)3)33(31,32)23-12-8-5-9-13-23/h4-15,17,19,24H,16,18H2,1-3H3,(H,28,30)/t24-/m0/s1. The molecule has 1 atom stereocenters. The minimum atomic E-state index is -3.98. The quantitative estimate of drug-likeness (QED) is 0.420. The van der Waals surface area contributed by atoms with Crippen molar-refractivity contribution in [1.82, 2.24) is 5.32 Å². The number of aryl methyl sites for hydroxylation is 1. The van der Waals surface area contributed by atoms with E-state index in [4.69, 9.17) is 11.6 Å². The highest BCUT2D eigenvalue weighted by Gasteiger charge is 2.29. The fourth-order valence-electron chi connectivity index (χ4n) is 3.72. The van der Waals surface area contributed by atoms with Gasteiger partial charge in [-0.25, -0.2) is 8.42 Å². The van der Waals surface area contributed by atoms with E-state index >= 15 is 0 Å². The summed E-state index contributed by atoms with van der Waals surface area (Å²) in [6, 6.07) is 22.6. The predicted octanol–water partition coefficient (Wildman–Crippen LogP) is 5.75. The average Bonchev–Trinajstić information content (AvgIpc) is 2.78. The lowest BCUT2D eigenvalue weighted by Crippen LogP contribution is -2.42. The molecule has 3 rings (SSSR count). The Kier molecular flexibility index (Phi) is 8.16. The van der Waals surface area contributed by atoms with E-state index in [1.807, 2.05) is 30.3 Å². The molecule has 0 unspecified atom stereocenters. The summed E-state index contributed by atoms with van der Waals surface area (Å²) in [6.45, 7) is 5.61. The molecular formula is C26H29ClN2O3S. The fourth-order valence-corrected chi connectivity index (χ4v) is 5.46. The Balaban J connectivity index is 1.95. The maximum absolute atomic E-state index is 13.6. The third-order valence-corrected chi connectivity index (χ3v) is 7.30. The molecule has 0 saturated carbocycles.